The molecule has 0 saturated carbocycles. The van der Waals surface area contributed by atoms with E-state index in [1.165, 1.54) is 0 Å². The Morgan fingerprint density at radius 2 is 2.29 bits per heavy atom. The lowest BCUT2D eigenvalue weighted by Gasteiger charge is -2.26. The highest BCUT2D eigenvalue weighted by atomic mass is 32.2. The van der Waals surface area contributed by atoms with Crippen LogP contribution in [0.1, 0.15) is 29.9 Å². The number of carbonyl (C=O) groups excluding carboxylic acids is 1. The minimum Gasteiger partial charge on any atom is -0.508 e. The Morgan fingerprint density at radius 3 is 3.00 bits per heavy atom. The third-order valence-corrected chi connectivity index (χ3v) is 3.83. The van der Waals surface area contributed by atoms with Crippen molar-refractivity contribution in [3.63, 3.8) is 0 Å². The first-order valence-electron chi connectivity index (χ1n) is 5.74. The number of thioether (sulfide) groups is 1. The molecule has 1 aromatic carbocycles. The van der Waals surface area contributed by atoms with Crippen LogP contribution in [0.5, 0.6) is 5.75 Å². The maximum absolute atomic E-state index is 11.6. The van der Waals surface area contributed by atoms with Crippen molar-refractivity contribution in [3.8, 4) is 5.75 Å². The Morgan fingerprint density at radius 1 is 1.53 bits per heavy atom. The number of aromatic hydroxyl groups is 1. The Bertz CT molecular complexity index is 445. The van der Waals surface area contributed by atoms with Crippen LogP contribution < -0.4 is 5.32 Å². The topological polar surface area (TPSA) is 49.3 Å². The van der Waals surface area contributed by atoms with Gasteiger partial charge in [-0.3, -0.25) is 4.79 Å². The Hall–Kier alpha value is -1.16. The molecule has 0 unspecified atom stereocenters. The van der Waals surface area contributed by atoms with Gasteiger partial charge < -0.3 is 10.4 Å². The highest BCUT2D eigenvalue weighted by molar-refractivity contribution is 7.98. The number of phenols is 1. The van der Waals surface area contributed by atoms with Crippen molar-refractivity contribution in [3.05, 3.63) is 23.3 Å². The van der Waals surface area contributed by atoms with Crippen molar-refractivity contribution >= 4 is 23.4 Å². The van der Waals surface area contributed by atoms with E-state index in [-0.39, 0.29) is 17.6 Å². The molecule has 0 aliphatic carbocycles. The molecule has 3 nitrogen and oxygen atoms in total. The highest BCUT2D eigenvalue weighted by Gasteiger charge is 2.25. The number of carbonyl (C=O) groups is 1. The molecule has 0 aromatic heterocycles. The first-order valence-corrected chi connectivity index (χ1v) is 7.13. The minimum atomic E-state index is 0.0480. The third-order valence-electron chi connectivity index (χ3n) is 3.18. The number of hydrogen-bond donors (Lipinski definition) is 2. The molecule has 1 aliphatic heterocycles. The van der Waals surface area contributed by atoms with Crippen LogP contribution in [-0.4, -0.2) is 23.0 Å². The van der Waals surface area contributed by atoms with E-state index in [0.29, 0.717) is 6.42 Å². The van der Waals surface area contributed by atoms with Crippen LogP contribution in [0.3, 0.4) is 0 Å². The van der Waals surface area contributed by atoms with Crippen LogP contribution in [-0.2, 0) is 4.79 Å². The van der Waals surface area contributed by atoms with E-state index in [9.17, 15) is 9.90 Å². The number of aryl methyl sites for hydroxylation is 1. The molecule has 1 amide bonds. The zero-order valence-corrected chi connectivity index (χ0v) is 10.9. The minimum absolute atomic E-state index is 0.0480. The lowest BCUT2D eigenvalue weighted by atomic mass is 9.87. The second-order valence-corrected chi connectivity index (χ2v) is 5.44. The van der Waals surface area contributed by atoms with Gasteiger partial charge in [0.15, 0.2) is 0 Å². The molecule has 2 rings (SSSR count). The SMILES string of the molecule is CSCC[C@@H]1CC(=O)Nc2cc(O)c(C)cc21. The molecule has 0 saturated heterocycles. The van der Waals surface area contributed by atoms with E-state index >= 15 is 0 Å². The first-order chi connectivity index (χ1) is 8.11. The summed E-state index contributed by atoms with van der Waals surface area (Å²) in [5, 5.41) is 12.5. The number of phenolic OH excluding ortho intramolecular Hbond substituents is 1. The molecule has 1 heterocycles. The van der Waals surface area contributed by atoms with Crippen molar-refractivity contribution in [1.29, 1.82) is 0 Å². The number of fused-ring (bicyclic) bond motifs is 1. The monoisotopic (exact) mass is 251 g/mol. The molecular formula is C13H17NO2S. The van der Waals surface area contributed by atoms with E-state index in [0.717, 1.165) is 29.0 Å². The largest absolute Gasteiger partial charge is 0.508 e. The van der Waals surface area contributed by atoms with Gasteiger partial charge >= 0.3 is 0 Å². The van der Waals surface area contributed by atoms with Gasteiger partial charge in [0.1, 0.15) is 5.75 Å². The van der Waals surface area contributed by atoms with Crippen molar-refractivity contribution in [1.82, 2.24) is 0 Å². The average Bonchev–Trinajstić information content (AvgIpc) is 2.28. The van der Waals surface area contributed by atoms with Gasteiger partial charge in [-0.25, -0.2) is 0 Å². The molecule has 0 fully saturated rings. The zero-order chi connectivity index (χ0) is 12.4. The predicted octanol–water partition coefficient (Wildman–Crippen LogP) is 2.88. The number of nitrogens with one attached hydrogen (secondary N) is 1. The van der Waals surface area contributed by atoms with Gasteiger partial charge in [-0.05, 0) is 42.4 Å². The molecule has 4 heteroatoms. The molecule has 2 N–H and O–H groups in total. The Kier molecular flexibility index (Phi) is 3.62. The fourth-order valence-corrected chi connectivity index (χ4v) is 2.74. The molecule has 0 spiro atoms. The molecule has 1 atom stereocenters. The average molecular weight is 251 g/mol. The molecule has 0 radical (unpaired) electrons. The maximum Gasteiger partial charge on any atom is 0.224 e. The summed E-state index contributed by atoms with van der Waals surface area (Å²) in [6, 6.07) is 3.66. The van der Waals surface area contributed by atoms with Gasteiger partial charge in [0.2, 0.25) is 5.91 Å². The fraction of sp³-hybridized carbons (Fsp3) is 0.462. The smallest absolute Gasteiger partial charge is 0.224 e. The normalized spacial score (nSPS) is 18.7. The number of hydrogen-bond acceptors (Lipinski definition) is 3. The molecule has 1 aromatic rings. The summed E-state index contributed by atoms with van der Waals surface area (Å²) in [5.74, 6) is 1.63. The van der Waals surface area contributed by atoms with Gasteiger partial charge in [-0.15, -0.1) is 0 Å². The van der Waals surface area contributed by atoms with E-state index < -0.39 is 0 Å². The van der Waals surface area contributed by atoms with E-state index in [2.05, 4.69) is 11.6 Å². The summed E-state index contributed by atoms with van der Waals surface area (Å²) >= 11 is 1.80. The summed E-state index contributed by atoms with van der Waals surface area (Å²) in [4.78, 5) is 11.6. The number of anilines is 1. The second kappa shape index (κ2) is 5.00. The third kappa shape index (κ3) is 2.57. The highest BCUT2D eigenvalue weighted by Crippen LogP contribution is 2.38. The van der Waals surface area contributed by atoms with Gasteiger partial charge in [0.05, 0.1) is 0 Å². The summed E-state index contributed by atoms with van der Waals surface area (Å²) in [6.45, 7) is 1.89. The van der Waals surface area contributed by atoms with Gasteiger partial charge in [-0.2, -0.15) is 11.8 Å². The predicted molar refractivity (Wildman–Crippen MR) is 71.8 cm³/mol. The van der Waals surface area contributed by atoms with E-state index in [1.807, 2.05) is 13.0 Å². The number of benzene rings is 1. The summed E-state index contributed by atoms with van der Waals surface area (Å²) in [7, 11) is 0. The van der Waals surface area contributed by atoms with Gasteiger partial charge in [0.25, 0.3) is 0 Å². The molecule has 92 valence electrons. The van der Waals surface area contributed by atoms with Crippen LogP contribution in [0, 0.1) is 6.92 Å². The molecular weight excluding hydrogens is 234 g/mol. The molecule has 0 bridgehead atoms. The number of rotatable bonds is 3. The first kappa shape index (κ1) is 12.3. The van der Waals surface area contributed by atoms with E-state index in [4.69, 9.17) is 0 Å². The lowest BCUT2D eigenvalue weighted by Crippen LogP contribution is -2.23. The maximum atomic E-state index is 11.6. The summed E-state index contributed by atoms with van der Waals surface area (Å²) in [6.07, 6.45) is 3.63. The van der Waals surface area contributed by atoms with Crippen LogP contribution >= 0.6 is 11.8 Å². The molecule has 17 heavy (non-hydrogen) atoms. The second-order valence-electron chi connectivity index (χ2n) is 4.46. The van der Waals surface area contributed by atoms with Gasteiger partial charge in [-0.1, -0.05) is 6.07 Å². The van der Waals surface area contributed by atoms with Crippen LogP contribution in [0.15, 0.2) is 12.1 Å². The Labute approximate surface area is 106 Å². The summed E-state index contributed by atoms with van der Waals surface area (Å²) < 4.78 is 0. The number of amides is 1. The van der Waals surface area contributed by atoms with Crippen LogP contribution in [0.2, 0.25) is 0 Å². The van der Waals surface area contributed by atoms with Crippen LogP contribution in [0.4, 0.5) is 5.69 Å². The van der Waals surface area contributed by atoms with Crippen molar-refractivity contribution in [2.75, 3.05) is 17.3 Å². The van der Waals surface area contributed by atoms with Crippen molar-refractivity contribution in [2.24, 2.45) is 0 Å². The quantitative estimate of drug-likeness (QED) is 0.868. The lowest BCUT2D eigenvalue weighted by molar-refractivity contribution is -0.116. The molecule has 1 aliphatic rings. The summed E-state index contributed by atoms with van der Waals surface area (Å²) in [5.41, 5.74) is 2.80. The fourth-order valence-electron chi connectivity index (χ4n) is 2.22. The van der Waals surface area contributed by atoms with Crippen molar-refractivity contribution in [2.45, 2.75) is 25.7 Å². The van der Waals surface area contributed by atoms with Gasteiger partial charge in [0, 0.05) is 18.2 Å². The zero-order valence-electron chi connectivity index (χ0n) is 10.1. The van der Waals surface area contributed by atoms with Crippen molar-refractivity contribution < 1.29 is 9.90 Å². The standard InChI is InChI=1S/C13H17NO2S/c1-8-5-10-9(3-4-17-2)6-13(16)14-11(10)7-12(8)15/h5,7,9,15H,3-4,6H2,1-2H3,(H,14,16)/t9-/m1/s1. The van der Waals surface area contributed by atoms with E-state index in [1.54, 1.807) is 17.8 Å². The van der Waals surface area contributed by atoms with Crippen LogP contribution in [0.25, 0.3) is 0 Å². The Balaban J connectivity index is 2.34.